The lowest BCUT2D eigenvalue weighted by Gasteiger charge is -2.16. The Morgan fingerprint density at radius 1 is 1.61 bits per heavy atom. The molecule has 0 bridgehead atoms. The molecule has 1 aromatic rings. The molecule has 1 aliphatic rings. The van der Waals surface area contributed by atoms with Gasteiger partial charge in [0.2, 0.25) is 5.91 Å². The van der Waals surface area contributed by atoms with Gasteiger partial charge in [0, 0.05) is 31.9 Å². The van der Waals surface area contributed by atoms with Crippen molar-refractivity contribution in [3.63, 3.8) is 0 Å². The molecular weight excluding hydrogens is 232 g/mol. The number of carbonyl (C=O) groups is 2. The number of aromatic nitrogens is 1. The van der Waals surface area contributed by atoms with Gasteiger partial charge < -0.3 is 9.64 Å². The van der Waals surface area contributed by atoms with Crippen LogP contribution in [0.4, 0.5) is 0 Å². The van der Waals surface area contributed by atoms with Crippen LogP contribution in [0.1, 0.15) is 18.9 Å². The van der Waals surface area contributed by atoms with Gasteiger partial charge in [0.05, 0.1) is 12.5 Å². The van der Waals surface area contributed by atoms with E-state index in [9.17, 15) is 9.59 Å². The standard InChI is InChI=1S/C13H16N2O3/c1-2-18-13(17)11-6-12(16)15(9-11)8-10-4-3-5-14-7-10/h3-5,7,11H,2,6,8-9H2,1H3/t11-/m1/s1. The molecule has 0 radical (unpaired) electrons. The molecule has 1 amide bonds. The Balaban J connectivity index is 1.95. The predicted molar refractivity (Wildman–Crippen MR) is 64.4 cm³/mol. The van der Waals surface area contributed by atoms with E-state index in [-0.39, 0.29) is 24.2 Å². The summed E-state index contributed by atoms with van der Waals surface area (Å²) in [6.45, 7) is 3.06. The van der Waals surface area contributed by atoms with Crippen LogP contribution in [0.15, 0.2) is 24.5 Å². The van der Waals surface area contributed by atoms with Crippen molar-refractivity contribution in [2.45, 2.75) is 19.9 Å². The Hall–Kier alpha value is -1.91. The summed E-state index contributed by atoms with van der Waals surface area (Å²) in [4.78, 5) is 29.1. The minimum atomic E-state index is -0.325. The summed E-state index contributed by atoms with van der Waals surface area (Å²) in [7, 11) is 0. The number of nitrogens with zero attached hydrogens (tertiary/aromatic N) is 2. The molecule has 5 nitrogen and oxygen atoms in total. The van der Waals surface area contributed by atoms with Crippen molar-refractivity contribution >= 4 is 11.9 Å². The van der Waals surface area contributed by atoms with E-state index in [1.165, 1.54) is 0 Å². The summed E-state index contributed by atoms with van der Waals surface area (Å²) >= 11 is 0. The minimum absolute atomic E-state index is 0.00286. The maximum absolute atomic E-state index is 11.8. The molecule has 96 valence electrons. The van der Waals surface area contributed by atoms with Crippen molar-refractivity contribution in [3.8, 4) is 0 Å². The first-order valence-corrected chi connectivity index (χ1v) is 6.04. The fourth-order valence-electron chi connectivity index (χ4n) is 2.06. The van der Waals surface area contributed by atoms with Gasteiger partial charge in [-0.1, -0.05) is 6.07 Å². The summed E-state index contributed by atoms with van der Waals surface area (Å²) in [6.07, 6.45) is 3.67. The van der Waals surface area contributed by atoms with Gasteiger partial charge in [-0.05, 0) is 18.6 Å². The second kappa shape index (κ2) is 5.62. The number of hydrogen-bond acceptors (Lipinski definition) is 4. The van der Waals surface area contributed by atoms with E-state index < -0.39 is 0 Å². The molecule has 0 spiro atoms. The van der Waals surface area contributed by atoms with E-state index in [0.29, 0.717) is 19.7 Å². The van der Waals surface area contributed by atoms with Crippen molar-refractivity contribution in [1.29, 1.82) is 0 Å². The minimum Gasteiger partial charge on any atom is -0.466 e. The average Bonchev–Trinajstić information content (AvgIpc) is 2.73. The summed E-state index contributed by atoms with van der Waals surface area (Å²) in [5, 5.41) is 0. The summed E-state index contributed by atoms with van der Waals surface area (Å²) in [5.74, 6) is -0.606. The molecule has 1 saturated heterocycles. The van der Waals surface area contributed by atoms with E-state index in [0.717, 1.165) is 5.56 Å². The van der Waals surface area contributed by atoms with Gasteiger partial charge in [-0.2, -0.15) is 0 Å². The van der Waals surface area contributed by atoms with Gasteiger partial charge in [0.25, 0.3) is 0 Å². The number of hydrogen-bond donors (Lipinski definition) is 0. The highest BCUT2D eigenvalue weighted by Gasteiger charge is 2.35. The zero-order chi connectivity index (χ0) is 13.0. The van der Waals surface area contributed by atoms with E-state index in [2.05, 4.69) is 4.98 Å². The van der Waals surface area contributed by atoms with Crippen molar-refractivity contribution in [2.75, 3.05) is 13.2 Å². The molecule has 5 heteroatoms. The Labute approximate surface area is 106 Å². The molecule has 0 N–H and O–H groups in total. The van der Waals surface area contributed by atoms with Crippen LogP contribution in [0, 0.1) is 5.92 Å². The van der Waals surface area contributed by atoms with E-state index in [1.807, 2.05) is 12.1 Å². The third-order valence-electron chi connectivity index (χ3n) is 2.93. The highest BCUT2D eigenvalue weighted by atomic mass is 16.5. The van der Waals surface area contributed by atoms with Gasteiger partial charge >= 0.3 is 5.97 Å². The largest absolute Gasteiger partial charge is 0.466 e. The molecule has 0 unspecified atom stereocenters. The molecular formula is C13H16N2O3. The SMILES string of the molecule is CCOC(=O)[C@@H]1CC(=O)N(Cc2cccnc2)C1. The van der Waals surface area contributed by atoms with Crippen molar-refractivity contribution in [1.82, 2.24) is 9.88 Å². The number of likely N-dealkylation sites (tertiary alicyclic amines) is 1. The Morgan fingerprint density at radius 2 is 2.44 bits per heavy atom. The summed E-state index contributed by atoms with van der Waals surface area (Å²) in [6, 6.07) is 3.75. The molecule has 0 aliphatic carbocycles. The predicted octanol–water partition coefficient (Wildman–Crippen LogP) is 0.993. The molecule has 2 rings (SSSR count). The number of esters is 1. The fourth-order valence-corrected chi connectivity index (χ4v) is 2.06. The van der Waals surface area contributed by atoms with Crippen LogP contribution in [0.2, 0.25) is 0 Å². The van der Waals surface area contributed by atoms with Crippen molar-refractivity contribution in [2.24, 2.45) is 5.92 Å². The molecule has 2 heterocycles. The van der Waals surface area contributed by atoms with E-state index in [4.69, 9.17) is 4.74 Å². The quantitative estimate of drug-likeness (QED) is 0.746. The average molecular weight is 248 g/mol. The summed E-state index contributed by atoms with van der Waals surface area (Å²) in [5.41, 5.74) is 0.968. The molecule has 1 aliphatic heterocycles. The lowest BCUT2D eigenvalue weighted by Crippen LogP contribution is -2.26. The number of pyridine rings is 1. The van der Waals surface area contributed by atoms with Gasteiger partial charge in [-0.15, -0.1) is 0 Å². The normalized spacial score (nSPS) is 19.1. The summed E-state index contributed by atoms with van der Waals surface area (Å²) < 4.78 is 4.94. The molecule has 1 atom stereocenters. The second-order valence-corrected chi connectivity index (χ2v) is 4.29. The maximum atomic E-state index is 11.8. The third-order valence-corrected chi connectivity index (χ3v) is 2.93. The Kier molecular flexibility index (Phi) is 3.92. The number of rotatable bonds is 4. The molecule has 18 heavy (non-hydrogen) atoms. The van der Waals surface area contributed by atoms with Gasteiger partial charge in [-0.3, -0.25) is 14.6 Å². The van der Waals surface area contributed by atoms with Crippen LogP contribution in [0.25, 0.3) is 0 Å². The monoisotopic (exact) mass is 248 g/mol. The number of ether oxygens (including phenoxy) is 1. The van der Waals surface area contributed by atoms with Crippen molar-refractivity contribution in [3.05, 3.63) is 30.1 Å². The highest BCUT2D eigenvalue weighted by molar-refractivity contribution is 5.86. The zero-order valence-corrected chi connectivity index (χ0v) is 10.3. The van der Waals surface area contributed by atoms with Crippen LogP contribution in [-0.2, 0) is 20.9 Å². The first kappa shape index (κ1) is 12.5. The topological polar surface area (TPSA) is 59.5 Å². The van der Waals surface area contributed by atoms with Gasteiger partial charge in [-0.25, -0.2) is 0 Å². The molecule has 1 fully saturated rings. The van der Waals surface area contributed by atoms with E-state index in [1.54, 1.807) is 24.2 Å². The van der Waals surface area contributed by atoms with Crippen LogP contribution in [0.3, 0.4) is 0 Å². The molecule has 1 aromatic heterocycles. The lowest BCUT2D eigenvalue weighted by molar-refractivity contribution is -0.147. The van der Waals surface area contributed by atoms with Crippen LogP contribution in [0.5, 0.6) is 0 Å². The second-order valence-electron chi connectivity index (χ2n) is 4.29. The number of amides is 1. The van der Waals surface area contributed by atoms with Gasteiger partial charge in [0.15, 0.2) is 0 Å². The highest BCUT2D eigenvalue weighted by Crippen LogP contribution is 2.21. The fraction of sp³-hybridized carbons (Fsp3) is 0.462. The molecule has 0 aromatic carbocycles. The molecule has 0 saturated carbocycles. The Bertz CT molecular complexity index is 433. The first-order chi connectivity index (χ1) is 8.70. The zero-order valence-electron chi connectivity index (χ0n) is 10.3. The lowest BCUT2D eigenvalue weighted by atomic mass is 10.1. The maximum Gasteiger partial charge on any atom is 0.311 e. The Morgan fingerprint density at radius 3 is 3.11 bits per heavy atom. The van der Waals surface area contributed by atoms with Crippen molar-refractivity contribution < 1.29 is 14.3 Å². The third kappa shape index (κ3) is 2.85. The van der Waals surface area contributed by atoms with E-state index >= 15 is 0 Å². The van der Waals surface area contributed by atoms with Crippen LogP contribution >= 0.6 is 0 Å². The first-order valence-electron chi connectivity index (χ1n) is 6.04. The van der Waals surface area contributed by atoms with Gasteiger partial charge in [0.1, 0.15) is 0 Å². The smallest absolute Gasteiger partial charge is 0.311 e. The number of carbonyl (C=O) groups excluding carboxylic acids is 2. The van der Waals surface area contributed by atoms with Crippen LogP contribution < -0.4 is 0 Å². The van der Waals surface area contributed by atoms with Crippen LogP contribution in [-0.4, -0.2) is 34.9 Å².